The van der Waals surface area contributed by atoms with Crippen molar-refractivity contribution >= 4 is 84.2 Å². The van der Waals surface area contributed by atoms with Crippen molar-refractivity contribution in [2.45, 2.75) is 52.6 Å². The van der Waals surface area contributed by atoms with Crippen LogP contribution in [-0.2, 0) is 9.31 Å². The topological polar surface area (TPSA) is 73.8 Å². The zero-order chi connectivity index (χ0) is 83.1. The number of fused-ring (bicyclic) bond motifs is 34. The molecule has 0 saturated carbocycles. The maximum Gasteiger partial charge on any atom is 0.494 e. The van der Waals surface area contributed by atoms with Crippen molar-refractivity contribution in [3.05, 3.63) is 374 Å². The smallest absolute Gasteiger partial charge is 0.399 e. The lowest BCUT2D eigenvalue weighted by Crippen LogP contribution is -2.41. The number of hydrogen-bond donors (Lipinski definition) is 1. The van der Waals surface area contributed by atoms with Crippen molar-refractivity contribution in [2.24, 2.45) is 0 Å². The van der Waals surface area contributed by atoms with Gasteiger partial charge in [-0.05, 0) is 252 Å². The summed E-state index contributed by atoms with van der Waals surface area (Å²) in [6, 6.07) is 125. The van der Waals surface area contributed by atoms with Crippen LogP contribution in [0.4, 0.5) is 0 Å². The number of imidazole rings is 4. The molecule has 4 aromatic heterocycles. The van der Waals surface area contributed by atoms with Crippen LogP contribution in [0.2, 0.25) is 0 Å². The van der Waals surface area contributed by atoms with Gasteiger partial charge in [0, 0.05) is 18.4 Å². The number of aryl methyl sites for hydroxylation is 2. The van der Waals surface area contributed by atoms with E-state index >= 15 is 0 Å². The number of benzene rings is 16. The molecule has 4 aliphatic rings. The molecule has 1 saturated heterocycles. The fourth-order valence-corrected chi connectivity index (χ4v) is 18.2. The van der Waals surface area contributed by atoms with E-state index in [1.165, 1.54) is 117 Å². The fraction of sp³-hybridized carbons (Fsp3) is 0.0755. The number of nitrogens with one attached hydrogen (secondary N) is 1. The number of rotatable bonds is 2. The van der Waals surface area contributed by atoms with Crippen LogP contribution in [0.15, 0.2) is 362 Å². The van der Waals surface area contributed by atoms with Gasteiger partial charge in [0.15, 0.2) is 0 Å². The molecule has 8 nitrogen and oxygen atoms in total. The Morgan fingerprint density at radius 2 is 0.621 bits per heavy atom. The van der Waals surface area contributed by atoms with Crippen LogP contribution in [0.1, 0.15) is 47.0 Å². The second-order valence-electron chi connectivity index (χ2n) is 31.1. The molecule has 554 valence electrons. The van der Waals surface area contributed by atoms with Gasteiger partial charge in [0.2, 0.25) is 11.6 Å². The lowest BCUT2D eigenvalue weighted by molar-refractivity contribution is 0.00578. The minimum Gasteiger partial charge on any atom is -0.399 e. The lowest BCUT2D eigenvalue weighted by atomic mass is 9.74. The largest absolute Gasteiger partial charge is 0.494 e. The van der Waals surface area contributed by atoms with Crippen molar-refractivity contribution in [1.29, 1.82) is 0 Å². The van der Waals surface area contributed by atoms with Crippen molar-refractivity contribution in [3.63, 3.8) is 0 Å². The summed E-state index contributed by atoms with van der Waals surface area (Å²) in [4.78, 5) is 12.7. The number of H-pyrrole nitrogens is 1. The van der Waals surface area contributed by atoms with Gasteiger partial charge in [-0.25, -0.2) is 9.97 Å². The molecule has 0 amide bonds. The second kappa shape index (κ2) is 28.0. The first-order chi connectivity index (χ1) is 59.2. The molecule has 0 unspecified atom stereocenters. The van der Waals surface area contributed by atoms with Gasteiger partial charge in [0.25, 0.3) is 0 Å². The van der Waals surface area contributed by atoms with Gasteiger partial charge >= 0.3 is 7.12 Å². The summed E-state index contributed by atoms with van der Waals surface area (Å²) in [5.74, 6) is 1.35. The predicted molar refractivity (Wildman–Crippen MR) is 486 cm³/mol. The molecule has 16 aromatic carbocycles. The van der Waals surface area contributed by atoms with E-state index in [0.29, 0.717) is 22.6 Å². The first kappa shape index (κ1) is 64.0. The van der Waals surface area contributed by atoms with Gasteiger partial charge in [-0.3, -0.25) is 13.4 Å². The van der Waals surface area contributed by atoms with E-state index in [1.807, 2.05) is 59.0 Å². The van der Waals surface area contributed by atoms with Gasteiger partial charge in [-0.2, -0.15) is 0 Å². The Balaban J connectivity index is 0.000000104. The van der Waals surface area contributed by atoms with Gasteiger partial charge < -0.3 is 14.3 Å². The third kappa shape index (κ3) is 11.6. The fourth-order valence-electron chi connectivity index (χ4n) is 17.8. The van der Waals surface area contributed by atoms with Crippen LogP contribution in [0.25, 0.3) is 195 Å². The number of halogens is 1. The summed E-state index contributed by atoms with van der Waals surface area (Å²) in [7, 11) is -0.388. The molecular weight excluding hydrogens is 1480 g/mol. The SMILES string of the molecule is Brc1ccc2c(c1)-c1ccccc1-c1ccccc1-c1ccccc1-2.CC1(C)OB(c2ccc3c(c2)-c2ccccc2-c2ccccc2-c2ccccc2-3)OC1(C)C.[2H]C([2H])([2H])c1cccc2c1nc1[nH]c3ccccc3n12.[2H]C([2H])([2H])c1cccc2c1nc1n(-c3ccc4c(c3)-c3ccccc3-c3ccccc3-c3ccccc3-4)c3ccccc3n21. The van der Waals surface area contributed by atoms with Crippen LogP contribution in [0.3, 0.4) is 0 Å². The maximum absolute atomic E-state index is 8.16. The lowest BCUT2D eigenvalue weighted by Gasteiger charge is -2.32. The molecule has 0 bridgehead atoms. The van der Waals surface area contributed by atoms with Crippen LogP contribution >= 0.6 is 15.9 Å². The van der Waals surface area contributed by atoms with Crippen LogP contribution in [0, 0.1) is 13.7 Å². The molecule has 0 spiro atoms. The van der Waals surface area contributed by atoms with E-state index in [1.54, 1.807) is 18.2 Å². The van der Waals surface area contributed by atoms with Crippen molar-refractivity contribution in [2.75, 3.05) is 0 Å². The summed E-state index contributed by atoms with van der Waals surface area (Å²) in [6.07, 6.45) is 0. The summed E-state index contributed by atoms with van der Waals surface area (Å²) >= 11 is 3.66. The van der Waals surface area contributed by atoms with E-state index < -0.39 is 13.7 Å². The molecule has 1 aliphatic heterocycles. The number of aromatic amines is 1. The Hall–Kier alpha value is -13.5. The van der Waals surface area contributed by atoms with Gasteiger partial charge in [-0.15, -0.1) is 0 Å². The molecule has 1 N–H and O–H groups in total. The number of para-hydroxylation sites is 6. The first-order valence-corrected chi connectivity index (χ1v) is 40.1. The molecular formula is C106H78BBrN6O2. The van der Waals surface area contributed by atoms with E-state index in [4.69, 9.17) is 22.5 Å². The highest BCUT2D eigenvalue weighted by Crippen LogP contribution is 2.52. The van der Waals surface area contributed by atoms with Crippen molar-refractivity contribution < 1.29 is 17.5 Å². The maximum atomic E-state index is 8.16. The van der Waals surface area contributed by atoms with Crippen molar-refractivity contribution in [3.8, 4) is 139 Å². The average Bonchev–Trinajstić information content (AvgIpc) is 1.54. The molecule has 3 aliphatic carbocycles. The zero-order valence-electron chi connectivity index (χ0n) is 70.1. The van der Waals surface area contributed by atoms with E-state index in [-0.39, 0.29) is 29.4 Å². The molecule has 0 atom stereocenters. The van der Waals surface area contributed by atoms with Gasteiger partial charge in [-0.1, -0.05) is 313 Å². The number of nitrogens with zero attached hydrogens (tertiary/aromatic N) is 5. The summed E-state index contributed by atoms with van der Waals surface area (Å²) in [6.45, 7) is 3.97. The van der Waals surface area contributed by atoms with Gasteiger partial charge in [0.05, 0.1) is 55.3 Å². The highest BCUT2D eigenvalue weighted by molar-refractivity contribution is 9.10. The number of hydrogen-bond acceptors (Lipinski definition) is 4. The molecule has 116 heavy (non-hydrogen) atoms. The van der Waals surface area contributed by atoms with E-state index in [9.17, 15) is 0 Å². The van der Waals surface area contributed by atoms with Crippen LogP contribution in [-0.4, -0.2) is 46.6 Å². The first-order valence-electron chi connectivity index (χ1n) is 42.3. The molecule has 24 rings (SSSR count). The Bertz CT molecular complexity index is 7600. The third-order valence-corrected chi connectivity index (χ3v) is 24.4. The normalized spacial score (nSPS) is 14.3. The third-order valence-electron chi connectivity index (χ3n) is 23.9. The monoisotopic (exact) mass is 1560 g/mol. The Morgan fingerprint density at radius 3 is 1.04 bits per heavy atom. The molecule has 20 aromatic rings. The quantitative estimate of drug-likeness (QED) is 0.175. The minimum absolute atomic E-state index is 0.261. The molecule has 0 radical (unpaired) electrons. The number of aromatic nitrogens is 6. The summed E-state index contributed by atoms with van der Waals surface area (Å²) in [5, 5.41) is 0. The minimum atomic E-state index is -2.27. The summed E-state index contributed by atoms with van der Waals surface area (Å²) in [5.41, 5.74) is 38.1. The predicted octanol–water partition coefficient (Wildman–Crippen LogP) is 27.4. The zero-order valence-corrected chi connectivity index (χ0v) is 65.7. The highest BCUT2D eigenvalue weighted by atomic mass is 79.9. The Kier molecular flexibility index (Phi) is 15.4. The van der Waals surface area contributed by atoms with E-state index in [0.717, 1.165) is 65.4 Å². The highest BCUT2D eigenvalue weighted by Gasteiger charge is 2.52. The van der Waals surface area contributed by atoms with Gasteiger partial charge in [0.1, 0.15) is 0 Å². The Morgan fingerprint density at radius 1 is 0.302 bits per heavy atom. The molecule has 1 fully saturated rings. The van der Waals surface area contributed by atoms with Crippen LogP contribution in [0.5, 0.6) is 0 Å². The Labute approximate surface area is 691 Å². The molecule has 5 heterocycles. The standard InChI is InChI=1S/C38H25N3.C30H27BO2.C24H15Br.C14H11N3/c1-24-11-10-20-36-37(24)39-38-40(34-18-8-9-19-35(34)41(36)38)25-21-22-32-30-16-5-4-14-28(30)26-12-2-3-13-27(26)29-15-6-7-17-31(29)33(32)23-25;1-29(2)30(3,4)33-31(32-29)20-17-18-27-25-15-8-7-13-23(25)21-11-5-6-12-22(21)24-14-9-10-16-26(24)28(27)19-20;25-16-13-14-23-21-11-4-3-9-19(21)17-7-1-2-8-18(17)20-10-5-6-12-22(20)24(23)15-16;1-9-5-4-8-12-13(9)16-14-15-10-6-2-3-7-11(10)17(12)14/h2-23H,1H3;5-19H,1-4H3;1-15H;2-8H,1H3,(H,15,16)/i1D3;;;1D3. The van der Waals surface area contributed by atoms with Crippen molar-refractivity contribution in [1.82, 2.24) is 28.3 Å². The average molecular weight is 1560 g/mol. The van der Waals surface area contributed by atoms with Crippen LogP contribution < -0.4 is 5.46 Å². The van der Waals surface area contributed by atoms with E-state index in [2.05, 4.69) is 348 Å². The second-order valence-corrected chi connectivity index (χ2v) is 32.0. The summed E-state index contributed by atoms with van der Waals surface area (Å²) < 4.78 is 67.4. The molecule has 10 heteroatoms.